The van der Waals surface area contributed by atoms with Gasteiger partial charge < -0.3 is 10.5 Å². The van der Waals surface area contributed by atoms with Crippen LogP contribution in [0.1, 0.15) is 62.2 Å². The van der Waals surface area contributed by atoms with E-state index in [0.29, 0.717) is 0 Å². The van der Waals surface area contributed by atoms with Gasteiger partial charge in [0.2, 0.25) is 0 Å². The fourth-order valence-electron chi connectivity index (χ4n) is 4.61. The number of rotatable bonds is 3. The van der Waals surface area contributed by atoms with Crippen LogP contribution in [0.2, 0.25) is 0 Å². The SMILES string of the molecule is NC1(CC2OCCc3ccccc32)CCCC(C2CC2)C1. The smallest absolute Gasteiger partial charge is 0.0845 e. The summed E-state index contributed by atoms with van der Waals surface area (Å²) in [6, 6.07) is 8.77. The molecule has 1 heterocycles. The van der Waals surface area contributed by atoms with Gasteiger partial charge in [-0.3, -0.25) is 0 Å². The van der Waals surface area contributed by atoms with Gasteiger partial charge in [0.05, 0.1) is 12.7 Å². The first-order valence-corrected chi connectivity index (χ1v) is 8.72. The minimum atomic E-state index is 0.000620. The zero-order valence-electron chi connectivity index (χ0n) is 12.9. The first-order chi connectivity index (χ1) is 10.2. The third kappa shape index (κ3) is 2.89. The molecule has 0 aromatic heterocycles. The topological polar surface area (TPSA) is 35.2 Å². The van der Waals surface area contributed by atoms with E-state index in [4.69, 9.17) is 10.5 Å². The van der Waals surface area contributed by atoms with Gasteiger partial charge in [0.15, 0.2) is 0 Å². The molecule has 0 spiro atoms. The van der Waals surface area contributed by atoms with Crippen molar-refractivity contribution >= 4 is 0 Å². The van der Waals surface area contributed by atoms with Crippen LogP contribution in [0, 0.1) is 11.8 Å². The lowest BCUT2D eigenvalue weighted by molar-refractivity contribution is 0.0107. The van der Waals surface area contributed by atoms with Gasteiger partial charge in [-0.05, 0) is 61.5 Å². The highest BCUT2D eigenvalue weighted by molar-refractivity contribution is 5.31. The average molecular weight is 285 g/mol. The molecule has 3 atom stereocenters. The molecule has 2 N–H and O–H groups in total. The monoisotopic (exact) mass is 285 g/mol. The van der Waals surface area contributed by atoms with Crippen molar-refractivity contribution in [1.82, 2.24) is 0 Å². The molecule has 1 aliphatic heterocycles. The molecule has 3 aliphatic rings. The largest absolute Gasteiger partial charge is 0.373 e. The van der Waals surface area contributed by atoms with Gasteiger partial charge in [0.1, 0.15) is 0 Å². The van der Waals surface area contributed by atoms with Crippen LogP contribution < -0.4 is 5.73 Å². The van der Waals surface area contributed by atoms with E-state index in [2.05, 4.69) is 24.3 Å². The maximum atomic E-state index is 6.82. The number of hydrogen-bond donors (Lipinski definition) is 1. The summed E-state index contributed by atoms with van der Waals surface area (Å²) in [7, 11) is 0. The molecule has 21 heavy (non-hydrogen) atoms. The fraction of sp³-hybridized carbons (Fsp3) is 0.684. The summed E-state index contributed by atoms with van der Waals surface area (Å²) in [4.78, 5) is 0. The third-order valence-electron chi connectivity index (χ3n) is 5.89. The van der Waals surface area contributed by atoms with E-state index < -0.39 is 0 Å². The van der Waals surface area contributed by atoms with Crippen LogP contribution in [0.25, 0.3) is 0 Å². The first-order valence-electron chi connectivity index (χ1n) is 8.72. The second kappa shape index (κ2) is 5.40. The van der Waals surface area contributed by atoms with E-state index in [1.54, 1.807) is 0 Å². The van der Waals surface area contributed by atoms with Crippen molar-refractivity contribution < 1.29 is 4.74 Å². The lowest BCUT2D eigenvalue weighted by atomic mass is 9.71. The van der Waals surface area contributed by atoms with E-state index in [9.17, 15) is 0 Å². The molecule has 0 bridgehead atoms. The Hall–Kier alpha value is -0.860. The molecule has 0 amide bonds. The molecule has 0 radical (unpaired) electrons. The van der Waals surface area contributed by atoms with Crippen LogP contribution in [0.4, 0.5) is 0 Å². The number of nitrogens with two attached hydrogens (primary N) is 1. The lowest BCUT2D eigenvalue weighted by Crippen LogP contribution is -2.46. The molecule has 1 aromatic rings. The highest BCUT2D eigenvalue weighted by atomic mass is 16.5. The minimum Gasteiger partial charge on any atom is -0.373 e. The Balaban J connectivity index is 1.50. The number of benzene rings is 1. The molecule has 1 aromatic carbocycles. The molecule has 2 aliphatic carbocycles. The van der Waals surface area contributed by atoms with E-state index in [1.807, 2.05) is 0 Å². The number of ether oxygens (including phenoxy) is 1. The molecule has 2 fully saturated rings. The van der Waals surface area contributed by atoms with E-state index in [1.165, 1.54) is 49.7 Å². The molecule has 2 nitrogen and oxygen atoms in total. The second-order valence-electron chi connectivity index (χ2n) is 7.57. The minimum absolute atomic E-state index is 0.000620. The van der Waals surface area contributed by atoms with Crippen LogP contribution in [0.5, 0.6) is 0 Å². The number of hydrogen-bond acceptors (Lipinski definition) is 2. The Morgan fingerprint density at radius 1 is 1.14 bits per heavy atom. The second-order valence-corrected chi connectivity index (χ2v) is 7.57. The van der Waals surface area contributed by atoms with Gasteiger partial charge in [-0.25, -0.2) is 0 Å². The van der Waals surface area contributed by atoms with E-state index in [-0.39, 0.29) is 11.6 Å². The molecule has 0 saturated heterocycles. The van der Waals surface area contributed by atoms with E-state index in [0.717, 1.165) is 31.3 Å². The Bertz CT molecular complexity index is 510. The van der Waals surface area contributed by atoms with Crippen LogP contribution in [0.3, 0.4) is 0 Å². The molecule has 2 saturated carbocycles. The van der Waals surface area contributed by atoms with Crippen LogP contribution in [-0.2, 0) is 11.2 Å². The summed E-state index contributed by atoms with van der Waals surface area (Å²) < 4.78 is 6.10. The highest BCUT2D eigenvalue weighted by Gasteiger charge is 2.41. The van der Waals surface area contributed by atoms with Crippen molar-refractivity contribution in [1.29, 1.82) is 0 Å². The maximum absolute atomic E-state index is 6.82. The Morgan fingerprint density at radius 2 is 2.00 bits per heavy atom. The molecule has 2 heteroatoms. The van der Waals surface area contributed by atoms with Crippen molar-refractivity contribution in [3.8, 4) is 0 Å². The molecule has 4 rings (SSSR count). The molecular weight excluding hydrogens is 258 g/mol. The van der Waals surface area contributed by atoms with E-state index >= 15 is 0 Å². The van der Waals surface area contributed by atoms with Crippen molar-refractivity contribution in [2.45, 2.75) is 63.0 Å². The average Bonchev–Trinajstić information content (AvgIpc) is 3.32. The van der Waals surface area contributed by atoms with Crippen LogP contribution >= 0.6 is 0 Å². The van der Waals surface area contributed by atoms with Crippen molar-refractivity contribution in [3.63, 3.8) is 0 Å². The summed E-state index contributed by atoms with van der Waals surface area (Å²) in [5.41, 5.74) is 9.68. The zero-order valence-corrected chi connectivity index (χ0v) is 12.9. The van der Waals surface area contributed by atoms with Crippen molar-refractivity contribution in [3.05, 3.63) is 35.4 Å². The summed E-state index contributed by atoms with van der Waals surface area (Å²) in [5.74, 6) is 1.88. The van der Waals surface area contributed by atoms with Gasteiger partial charge >= 0.3 is 0 Å². The summed E-state index contributed by atoms with van der Waals surface area (Å²) in [5, 5.41) is 0. The van der Waals surface area contributed by atoms with Gasteiger partial charge in [0.25, 0.3) is 0 Å². The number of fused-ring (bicyclic) bond motifs is 1. The molecule has 114 valence electrons. The summed E-state index contributed by atoms with van der Waals surface area (Å²) in [6.07, 6.45) is 10.3. The molecular formula is C19H27NO. The first kappa shape index (κ1) is 13.8. The van der Waals surface area contributed by atoms with Gasteiger partial charge in [-0.15, -0.1) is 0 Å². The normalized spacial score (nSPS) is 36.2. The van der Waals surface area contributed by atoms with Gasteiger partial charge in [0, 0.05) is 5.54 Å². The Morgan fingerprint density at radius 3 is 2.86 bits per heavy atom. The Labute approximate surface area is 128 Å². The maximum Gasteiger partial charge on any atom is 0.0845 e. The van der Waals surface area contributed by atoms with Gasteiger partial charge in [-0.2, -0.15) is 0 Å². The predicted octanol–water partition coefficient (Wildman–Crippen LogP) is 3.99. The summed E-state index contributed by atoms with van der Waals surface area (Å²) >= 11 is 0. The third-order valence-corrected chi connectivity index (χ3v) is 5.89. The summed E-state index contributed by atoms with van der Waals surface area (Å²) in [6.45, 7) is 0.851. The Kier molecular flexibility index (Phi) is 3.55. The van der Waals surface area contributed by atoms with Crippen molar-refractivity contribution in [2.24, 2.45) is 17.6 Å². The van der Waals surface area contributed by atoms with Crippen molar-refractivity contribution in [2.75, 3.05) is 6.61 Å². The van der Waals surface area contributed by atoms with Gasteiger partial charge in [-0.1, -0.05) is 37.1 Å². The van der Waals surface area contributed by atoms with Crippen LogP contribution in [0.15, 0.2) is 24.3 Å². The molecule has 3 unspecified atom stereocenters. The zero-order chi connectivity index (χ0) is 14.3. The lowest BCUT2D eigenvalue weighted by Gasteiger charge is -2.41. The quantitative estimate of drug-likeness (QED) is 0.911. The standard InChI is InChI=1S/C19H27NO/c20-19(10-3-5-16(12-19)14-7-8-14)13-18-17-6-2-1-4-15(17)9-11-21-18/h1-2,4,6,14,16,18H,3,5,7-13,20H2. The van der Waals surface area contributed by atoms with Crippen LogP contribution in [-0.4, -0.2) is 12.1 Å². The predicted molar refractivity (Wildman–Crippen MR) is 85.1 cm³/mol. The highest BCUT2D eigenvalue weighted by Crippen LogP contribution is 2.48. The fourth-order valence-corrected chi connectivity index (χ4v) is 4.61.